The quantitative estimate of drug-likeness (QED) is 0.499. The average Bonchev–Trinajstić information content (AvgIpc) is 3.46. The second-order valence-electron chi connectivity index (χ2n) is 7.29. The van der Waals surface area contributed by atoms with Crippen molar-refractivity contribution in [2.45, 2.75) is 25.8 Å². The number of likely N-dealkylation sites (tertiary alicyclic amines) is 1. The Balaban J connectivity index is 1.41. The van der Waals surface area contributed by atoms with E-state index < -0.39 is 0 Å². The lowest BCUT2D eigenvalue weighted by Crippen LogP contribution is -2.35. The molecule has 0 unspecified atom stereocenters. The lowest BCUT2D eigenvalue weighted by Gasteiger charge is -2.29. The van der Waals surface area contributed by atoms with Crippen molar-refractivity contribution in [2.24, 2.45) is 0 Å². The topological polar surface area (TPSA) is 73.4 Å². The van der Waals surface area contributed by atoms with Crippen LogP contribution in [0.25, 0.3) is 11.3 Å². The summed E-state index contributed by atoms with van der Waals surface area (Å²) in [5, 5.41) is 14.5. The zero-order valence-electron chi connectivity index (χ0n) is 16.4. The van der Waals surface area contributed by atoms with Gasteiger partial charge in [0.1, 0.15) is 11.5 Å². The maximum Gasteiger partial charge on any atom is 0.264 e. The van der Waals surface area contributed by atoms with Gasteiger partial charge in [-0.05, 0) is 30.7 Å². The van der Waals surface area contributed by atoms with Crippen molar-refractivity contribution in [1.29, 1.82) is 5.41 Å². The molecule has 0 radical (unpaired) electrons. The molecule has 0 spiro atoms. The maximum absolute atomic E-state index is 12.4. The molecule has 1 amide bonds. The Hall–Kier alpha value is -2.93. The number of carbonyl (C=O) groups excluding carboxylic acids is 1. The first-order chi connectivity index (χ1) is 14.1. The van der Waals surface area contributed by atoms with Gasteiger partial charge in [0.25, 0.3) is 5.91 Å². The predicted molar refractivity (Wildman–Crippen MR) is 114 cm³/mol. The number of piperidine rings is 1. The van der Waals surface area contributed by atoms with Crippen LogP contribution in [0, 0.1) is 5.41 Å². The molecule has 29 heavy (non-hydrogen) atoms. The number of amides is 1. The number of rotatable bonds is 5. The average molecular weight is 409 g/mol. The van der Waals surface area contributed by atoms with Gasteiger partial charge in [0.05, 0.1) is 11.4 Å². The Morgan fingerprint density at radius 3 is 2.66 bits per heavy atom. The molecule has 1 aliphatic rings. The van der Waals surface area contributed by atoms with E-state index >= 15 is 0 Å². The van der Waals surface area contributed by atoms with Gasteiger partial charge in [-0.1, -0.05) is 35.5 Å². The van der Waals surface area contributed by atoms with E-state index in [1.807, 2.05) is 47.8 Å². The SMILES string of the molecule is CN(Cc1cc(-c2ccc(C(=N)N3CCCCC3)cc2)no1)C(=O)c1cccs1. The van der Waals surface area contributed by atoms with Gasteiger partial charge in [-0.2, -0.15) is 0 Å². The predicted octanol–water partition coefficient (Wildman–Crippen LogP) is 4.49. The first kappa shape index (κ1) is 19.4. The van der Waals surface area contributed by atoms with Crippen LogP contribution in [0.15, 0.2) is 52.4 Å². The fourth-order valence-corrected chi connectivity index (χ4v) is 4.23. The molecule has 0 atom stereocenters. The van der Waals surface area contributed by atoms with E-state index in [0.29, 0.717) is 23.0 Å². The summed E-state index contributed by atoms with van der Waals surface area (Å²) in [7, 11) is 1.76. The summed E-state index contributed by atoms with van der Waals surface area (Å²) in [4.78, 5) is 16.8. The highest BCUT2D eigenvalue weighted by Gasteiger charge is 2.17. The second-order valence-corrected chi connectivity index (χ2v) is 8.24. The molecule has 0 aliphatic carbocycles. The molecular formula is C22H24N4O2S. The third kappa shape index (κ3) is 4.40. The molecule has 4 rings (SSSR count). The smallest absolute Gasteiger partial charge is 0.264 e. The van der Waals surface area contributed by atoms with Crippen molar-refractivity contribution in [3.05, 3.63) is 64.0 Å². The highest BCUT2D eigenvalue weighted by Crippen LogP contribution is 2.22. The number of nitrogens with zero attached hydrogens (tertiary/aromatic N) is 3. The van der Waals surface area contributed by atoms with Crippen molar-refractivity contribution in [3.8, 4) is 11.3 Å². The minimum Gasteiger partial charge on any atom is -0.359 e. The van der Waals surface area contributed by atoms with Crippen molar-refractivity contribution in [3.63, 3.8) is 0 Å². The van der Waals surface area contributed by atoms with E-state index in [1.165, 1.54) is 17.8 Å². The first-order valence-corrected chi connectivity index (χ1v) is 10.7. The van der Waals surface area contributed by atoms with Crippen molar-refractivity contribution in [1.82, 2.24) is 15.0 Å². The lowest BCUT2D eigenvalue weighted by molar-refractivity contribution is 0.0777. The first-order valence-electron chi connectivity index (χ1n) is 9.80. The molecule has 1 N–H and O–H groups in total. The van der Waals surface area contributed by atoms with Gasteiger partial charge in [0.15, 0.2) is 5.76 Å². The summed E-state index contributed by atoms with van der Waals surface area (Å²) in [5.74, 6) is 1.20. The molecular weight excluding hydrogens is 384 g/mol. The number of carbonyl (C=O) groups is 1. The Morgan fingerprint density at radius 2 is 1.97 bits per heavy atom. The molecule has 1 saturated heterocycles. The van der Waals surface area contributed by atoms with Gasteiger partial charge in [-0.25, -0.2) is 0 Å². The Morgan fingerprint density at radius 1 is 1.21 bits per heavy atom. The van der Waals surface area contributed by atoms with E-state index in [0.717, 1.165) is 42.8 Å². The van der Waals surface area contributed by atoms with Crippen LogP contribution in [0.5, 0.6) is 0 Å². The number of hydrogen-bond donors (Lipinski definition) is 1. The van der Waals surface area contributed by atoms with Crippen LogP contribution in [0.4, 0.5) is 0 Å². The van der Waals surface area contributed by atoms with E-state index in [-0.39, 0.29) is 5.91 Å². The number of amidine groups is 1. The van der Waals surface area contributed by atoms with Gasteiger partial charge in [-0.3, -0.25) is 10.2 Å². The molecule has 1 fully saturated rings. The van der Waals surface area contributed by atoms with Crippen LogP contribution >= 0.6 is 11.3 Å². The number of aromatic nitrogens is 1. The summed E-state index contributed by atoms with van der Waals surface area (Å²) in [6.45, 7) is 2.29. The minimum atomic E-state index is -0.0291. The number of nitrogens with one attached hydrogen (secondary N) is 1. The summed E-state index contributed by atoms with van der Waals surface area (Å²) >= 11 is 1.43. The molecule has 0 saturated carbocycles. The lowest BCUT2D eigenvalue weighted by atomic mass is 10.1. The molecule has 150 valence electrons. The van der Waals surface area contributed by atoms with Crippen LogP contribution in [0.2, 0.25) is 0 Å². The summed E-state index contributed by atoms with van der Waals surface area (Å²) in [5.41, 5.74) is 2.58. The molecule has 3 heterocycles. The summed E-state index contributed by atoms with van der Waals surface area (Å²) < 4.78 is 5.44. The van der Waals surface area contributed by atoms with E-state index in [9.17, 15) is 4.79 Å². The zero-order valence-corrected chi connectivity index (χ0v) is 17.2. The van der Waals surface area contributed by atoms with Gasteiger partial charge >= 0.3 is 0 Å². The fourth-order valence-electron chi connectivity index (χ4n) is 3.52. The number of benzene rings is 1. The highest BCUT2D eigenvalue weighted by molar-refractivity contribution is 7.12. The zero-order chi connectivity index (χ0) is 20.2. The van der Waals surface area contributed by atoms with Crippen LogP contribution in [0.1, 0.15) is 40.3 Å². The van der Waals surface area contributed by atoms with Gasteiger partial charge in [0, 0.05) is 37.3 Å². The van der Waals surface area contributed by atoms with E-state index in [4.69, 9.17) is 9.93 Å². The molecule has 7 heteroatoms. The highest BCUT2D eigenvalue weighted by atomic mass is 32.1. The third-order valence-corrected chi connectivity index (χ3v) is 6.01. The van der Waals surface area contributed by atoms with Crippen molar-refractivity contribution >= 4 is 23.1 Å². The molecule has 1 aliphatic heterocycles. The van der Waals surface area contributed by atoms with Crippen molar-refractivity contribution < 1.29 is 9.32 Å². The molecule has 3 aromatic rings. The summed E-state index contributed by atoms with van der Waals surface area (Å²) in [6, 6.07) is 13.4. The van der Waals surface area contributed by atoms with Crippen LogP contribution in [-0.2, 0) is 6.54 Å². The second kappa shape index (κ2) is 8.61. The van der Waals surface area contributed by atoms with Crippen molar-refractivity contribution in [2.75, 3.05) is 20.1 Å². The molecule has 2 aromatic heterocycles. The normalized spacial score (nSPS) is 14.0. The van der Waals surface area contributed by atoms with Crippen LogP contribution in [0.3, 0.4) is 0 Å². The third-order valence-electron chi connectivity index (χ3n) is 5.16. The van der Waals surface area contributed by atoms with Crippen LogP contribution in [-0.4, -0.2) is 46.8 Å². The van der Waals surface area contributed by atoms with Gasteiger partial charge in [-0.15, -0.1) is 11.3 Å². The van der Waals surface area contributed by atoms with Crippen LogP contribution < -0.4 is 0 Å². The Bertz CT molecular complexity index is 973. The molecule has 0 bridgehead atoms. The van der Waals surface area contributed by atoms with Gasteiger partial charge in [0.2, 0.25) is 0 Å². The number of hydrogen-bond acceptors (Lipinski definition) is 5. The molecule has 1 aromatic carbocycles. The summed E-state index contributed by atoms with van der Waals surface area (Å²) in [6.07, 6.45) is 3.57. The monoisotopic (exact) mass is 408 g/mol. The Labute approximate surface area is 174 Å². The standard InChI is InChI=1S/C22H24N4O2S/c1-25(22(27)20-6-5-13-29-20)15-18-14-19(24-28-18)16-7-9-17(10-8-16)21(23)26-11-3-2-4-12-26/h5-10,13-14,23H,2-4,11-12,15H2,1H3. The number of thiophene rings is 1. The maximum atomic E-state index is 12.4. The minimum absolute atomic E-state index is 0.0291. The van der Waals surface area contributed by atoms with Gasteiger partial charge < -0.3 is 14.3 Å². The van der Waals surface area contributed by atoms with E-state index in [1.54, 1.807) is 11.9 Å². The largest absolute Gasteiger partial charge is 0.359 e. The Kier molecular flexibility index (Phi) is 5.76. The fraction of sp³-hybridized carbons (Fsp3) is 0.318. The van der Waals surface area contributed by atoms with E-state index in [2.05, 4.69) is 10.1 Å². The molecule has 6 nitrogen and oxygen atoms in total.